The van der Waals surface area contributed by atoms with E-state index in [4.69, 9.17) is 23.2 Å². The molecular weight excluding hydrogens is 509 g/mol. The van der Waals surface area contributed by atoms with Gasteiger partial charge in [0.05, 0.1) is 11.9 Å². The monoisotopic (exact) mass is 541 g/mol. The summed E-state index contributed by atoms with van der Waals surface area (Å²) >= 11 is 12.7. The molecule has 1 N–H and O–H groups in total. The van der Waals surface area contributed by atoms with Gasteiger partial charge in [0.25, 0.3) is 0 Å². The molecule has 0 unspecified atom stereocenters. The van der Waals surface area contributed by atoms with Gasteiger partial charge in [0, 0.05) is 41.7 Å². The maximum absolute atomic E-state index is 13.4. The predicted molar refractivity (Wildman–Crippen MR) is 142 cm³/mol. The number of para-hydroxylation sites is 1. The average molecular weight is 543 g/mol. The Kier molecular flexibility index (Phi) is 11.3. The SMILES string of the molecule is CCCNC(=O)[C@H](CC)N(Cc1c(Cl)cccc1Cl)C(=O)CCCN(c1ccccc1)S(C)(=O)=O. The fourth-order valence-electron chi connectivity index (χ4n) is 3.74. The predicted octanol–water partition coefficient (Wildman–Crippen LogP) is 4.87. The van der Waals surface area contributed by atoms with Gasteiger partial charge >= 0.3 is 0 Å². The molecule has 0 aromatic heterocycles. The summed E-state index contributed by atoms with van der Waals surface area (Å²) in [4.78, 5) is 27.8. The van der Waals surface area contributed by atoms with Crippen molar-refractivity contribution in [3.63, 3.8) is 0 Å². The Balaban J connectivity index is 2.24. The van der Waals surface area contributed by atoms with Crippen molar-refractivity contribution in [3.8, 4) is 0 Å². The quantitative estimate of drug-likeness (QED) is 0.391. The Bertz CT molecular complexity index is 1080. The molecule has 0 spiro atoms. The Morgan fingerprint density at radius 2 is 1.63 bits per heavy atom. The number of sulfonamides is 1. The molecule has 1 atom stereocenters. The third kappa shape index (κ3) is 8.40. The first-order valence-electron chi connectivity index (χ1n) is 11.6. The molecule has 0 radical (unpaired) electrons. The van der Waals surface area contributed by atoms with Gasteiger partial charge in [0.15, 0.2) is 0 Å². The summed E-state index contributed by atoms with van der Waals surface area (Å²) in [5, 5.41) is 3.68. The average Bonchev–Trinajstić information content (AvgIpc) is 2.81. The van der Waals surface area contributed by atoms with Gasteiger partial charge in [-0.3, -0.25) is 13.9 Å². The van der Waals surface area contributed by atoms with Crippen molar-refractivity contribution in [2.24, 2.45) is 0 Å². The highest BCUT2D eigenvalue weighted by Gasteiger charge is 2.29. The maximum Gasteiger partial charge on any atom is 0.242 e. The first-order chi connectivity index (χ1) is 16.6. The number of nitrogens with one attached hydrogen (secondary N) is 1. The summed E-state index contributed by atoms with van der Waals surface area (Å²) in [7, 11) is -3.53. The van der Waals surface area contributed by atoms with Crippen LogP contribution < -0.4 is 9.62 Å². The molecule has 2 aromatic carbocycles. The van der Waals surface area contributed by atoms with E-state index in [1.165, 1.54) is 9.21 Å². The first-order valence-corrected chi connectivity index (χ1v) is 14.2. The second-order valence-corrected chi connectivity index (χ2v) is 10.9. The standard InChI is InChI=1S/C25H33Cl2N3O4S/c1-4-16-28-25(32)23(5-2)29(18-20-21(26)13-9-14-22(20)27)24(31)15-10-17-30(35(3,33)34)19-11-7-6-8-12-19/h6-9,11-14,23H,4-5,10,15-18H2,1-3H3,(H,28,32)/t23-/m0/s1. The van der Waals surface area contributed by atoms with E-state index in [1.54, 1.807) is 48.5 Å². The molecule has 0 aliphatic heterocycles. The van der Waals surface area contributed by atoms with E-state index in [9.17, 15) is 18.0 Å². The number of carbonyl (C=O) groups is 2. The summed E-state index contributed by atoms with van der Waals surface area (Å²) in [6.07, 6.45) is 2.65. The lowest BCUT2D eigenvalue weighted by Crippen LogP contribution is -2.49. The molecule has 2 rings (SSSR count). The van der Waals surface area contributed by atoms with Crippen LogP contribution in [0.3, 0.4) is 0 Å². The van der Waals surface area contributed by atoms with Crippen LogP contribution in [-0.4, -0.2) is 50.5 Å². The molecule has 35 heavy (non-hydrogen) atoms. The Hall–Kier alpha value is -2.29. The van der Waals surface area contributed by atoms with Gasteiger partial charge in [-0.25, -0.2) is 8.42 Å². The minimum absolute atomic E-state index is 0.0541. The fraction of sp³-hybridized carbons (Fsp3) is 0.440. The fourth-order valence-corrected chi connectivity index (χ4v) is 5.22. The summed E-state index contributed by atoms with van der Waals surface area (Å²) in [6.45, 7) is 4.50. The molecule has 0 aliphatic rings. The van der Waals surface area contributed by atoms with Crippen LogP contribution in [0.25, 0.3) is 0 Å². The van der Waals surface area contributed by atoms with Crippen molar-refractivity contribution in [1.29, 1.82) is 0 Å². The van der Waals surface area contributed by atoms with E-state index in [-0.39, 0.29) is 37.7 Å². The lowest BCUT2D eigenvalue weighted by Gasteiger charge is -2.31. The maximum atomic E-state index is 13.4. The molecule has 0 heterocycles. The molecule has 0 saturated carbocycles. The Labute approximate surface area is 218 Å². The molecule has 7 nitrogen and oxygen atoms in total. The third-order valence-corrected chi connectivity index (χ3v) is 7.42. The summed E-state index contributed by atoms with van der Waals surface area (Å²) in [5.41, 5.74) is 1.10. The first kappa shape index (κ1) is 28.9. The summed E-state index contributed by atoms with van der Waals surface area (Å²) < 4.78 is 26.0. The number of benzene rings is 2. The van der Waals surface area contributed by atoms with Gasteiger partial charge < -0.3 is 10.2 Å². The summed E-state index contributed by atoms with van der Waals surface area (Å²) in [5.74, 6) is -0.520. The minimum atomic E-state index is -3.53. The van der Waals surface area contributed by atoms with Gasteiger partial charge in [0.1, 0.15) is 6.04 Å². The lowest BCUT2D eigenvalue weighted by molar-refractivity contribution is -0.141. The number of anilines is 1. The van der Waals surface area contributed by atoms with Crippen molar-refractivity contribution in [1.82, 2.24) is 10.2 Å². The number of carbonyl (C=O) groups excluding carboxylic acids is 2. The number of hydrogen-bond donors (Lipinski definition) is 1. The van der Waals surface area contributed by atoms with Crippen LogP contribution in [0, 0.1) is 0 Å². The van der Waals surface area contributed by atoms with Crippen LogP contribution in [0.5, 0.6) is 0 Å². The highest BCUT2D eigenvalue weighted by Crippen LogP contribution is 2.27. The summed E-state index contributed by atoms with van der Waals surface area (Å²) in [6, 6.07) is 13.1. The normalized spacial score (nSPS) is 12.1. The molecule has 0 aliphatic carbocycles. The van der Waals surface area contributed by atoms with Crippen molar-refractivity contribution in [2.45, 2.75) is 52.1 Å². The molecule has 0 bridgehead atoms. The van der Waals surface area contributed by atoms with Crippen molar-refractivity contribution < 1.29 is 18.0 Å². The van der Waals surface area contributed by atoms with Crippen LogP contribution >= 0.6 is 23.2 Å². The zero-order valence-corrected chi connectivity index (χ0v) is 22.7. The van der Waals surface area contributed by atoms with E-state index < -0.39 is 16.1 Å². The highest BCUT2D eigenvalue weighted by molar-refractivity contribution is 7.92. The van der Waals surface area contributed by atoms with Gasteiger partial charge in [-0.15, -0.1) is 0 Å². The number of hydrogen-bond acceptors (Lipinski definition) is 4. The highest BCUT2D eigenvalue weighted by atomic mass is 35.5. The Morgan fingerprint density at radius 1 is 1.00 bits per heavy atom. The molecule has 0 saturated heterocycles. The van der Waals surface area contributed by atoms with Crippen LogP contribution in [-0.2, 0) is 26.2 Å². The molecule has 0 fully saturated rings. The van der Waals surface area contributed by atoms with Crippen LogP contribution in [0.4, 0.5) is 5.69 Å². The van der Waals surface area contributed by atoms with Gasteiger partial charge in [-0.1, -0.05) is 61.3 Å². The molecule has 192 valence electrons. The van der Waals surface area contributed by atoms with Gasteiger partial charge in [-0.2, -0.15) is 0 Å². The lowest BCUT2D eigenvalue weighted by atomic mass is 10.1. The number of rotatable bonds is 13. The van der Waals surface area contributed by atoms with Crippen LogP contribution in [0.2, 0.25) is 10.0 Å². The van der Waals surface area contributed by atoms with Crippen molar-refractivity contribution >= 4 is 50.7 Å². The largest absolute Gasteiger partial charge is 0.354 e. The molecule has 10 heteroatoms. The van der Waals surface area contributed by atoms with Gasteiger partial charge in [0.2, 0.25) is 21.8 Å². The second-order valence-electron chi connectivity index (χ2n) is 8.21. The molecule has 2 amide bonds. The van der Waals surface area contributed by atoms with Gasteiger partial charge in [-0.05, 0) is 43.5 Å². The van der Waals surface area contributed by atoms with E-state index in [0.717, 1.165) is 12.7 Å². The zero-order valence-electron chi connectivity index (χ0n) is 20.3. The zero-order chi connectivity index (χ0) is 26.0. The molecular formula is C25H33Cl2N3O4S. The molecule has 2 aromatic rings. The van der Waals surface area contributed by atoms with Crippen molar-refractivity contribution in [3.05, 3.63) is 64.1 Å². The third-order valence-electron chi connectivity index (χ3n) is 5.52. The van der Waals surface area contributed by atoms with E-state index in [1.807, 2.05) is 13.8 Å². The van der Waals surface area contributed by atoms with Crippen LogP contribution in [0.15, 0.2) is 48.5 Å². The number of amides is 2. The number of halogens is 2. The van der Waals surface area contributed by atoms with E-state index in [0.29, 0.717) is 34.3 Å². The van der Waals surface area contributed by atoms with Crippen molar-refractivity contribution in [2.75, 3.05) is 23.7 Å². The van der Waals surface area contributed by atoms with E-state index >= 15 is 0 Å². The second kappa shape index (κ2) is 13.7. The van der Waals surface area contributed by atoms with E-state index in [2.05, 4.69) is 5.32 Å². The van der Waals surface area contributed by atoms with Crippen LogP contribution in [0.1, 0.15) is 45.1 Å². The smallest absolute Gasteiger partial charge is 0.242 e. The minimum Gasteiger partial charge on any atom is -0.354 e. The number of nitrogens with zero attached hydrogens (tertiary/aromatic N) is 2. The topological polar surface area (TPSA) is 86.8 Å². The Morgan fingerprint density at radius 3 is 2.17 bits per heavy atom.